The number of allylic oxidation sites excluding steroid dienone is 1. The van der Waals surface area contributed by atoms with Gasteiger partial charge in [0.2, 0.25) is 5.13 Å². The Bertz CT molecular complexity index is 725. The zero-order chi connectivity index (χ0) is 17.3. The number of nitrogens with one attached hydrogen (secondary N) is 1. The maximum absolute atomic E-state index is 14.2. The average Bonchev–Trinajstić information content (AvgIpc) is 2.88. The van der Waals surface area contributed by atoms with Crippen LogP contribution < -0.4 is 10.2 Å². The molecule has 1 aliphatic rings. The number of rotatable bonds is 4. The second-order valence-corrected chi connectivity index (χ2v) is 6.32. The molecule has 6 nitrogen and oxygen atoms in total. The Hall–Kier alpha value is -1.93. The molecule has 1 N–H and O–H groups in total. The first-order valence-electron chi connectivity index (χ1n) is 6.73. The minimum atomic E-state index is -0.812. The van der Waals surface area contributed by atoms with Crippen LogP contribution in [0.2, 0.25) is 5.02 Å². The van der Waals surface area contributed by atoms with E-state index in [2.05, 4.69) is 5.32 Å². The van der Waals surface area contributed by atoms with Gasteiger partial charge in [0.25, 0.3) is 5.91 Å². The fourth-order valence-electron chi connectivity index (χ4n) is 2.02. The number of thiophene rings is 1. The first-order valence-corrected chi connectivity index (χ1v) is 7.92. The Labute approximate surface area is 140 Å². The van der Waals surface area contributed by atoms with Crippen LogP contribution in [0.3, 0.4) is 0 Å². The zero-order valence-corrected chi connectivity index (χ0v) is 14.2. The predicted octanol–water partition coefficient (Wildman–Crippen LogP) is 3.00. The van der Waals surface area contributed by atoms with Gasteiger partial charge in [0.05, 0.1) is 18.1 Å². The Morgan fingerprint density at radius 3 is 2.57 bits per heavy atom. The van der Waals surface area contributed by atoms with Gasteiger partial charge in [-0.1, -0.05) is 11.6 Å². The third-order valence-electron chi connectivity index (χ3n) is 3.04. The van der Waals surface area contributed by atoms with Gasteiger partial charge < -0.3 is 10.1 Å². The minimum Gasteiger partial charge on any atom is -0.466 e. The summed E-state index contributed by atoms with van der Waals surface area (Å²) in [5.74, 6) is -1.25. The molecule has 1 aliphatic heterocycles. The van der Waals surface area contributed by atoms with Crippen molar-refractivity contribution in [1.29, 1.82) is 0 Å². The summed E-state index contributed by atoms with van der Waals surface area (Å²) in [6.45, 7) is 5.13. The predicted molar refractivity (Wildman–Crippen MR) is 84.0 cm³/mol. The molecule has 0 radical (unpaired) electrons. The van der Waals surface area contributed by atoms with Crippen molar-refractivity contribution in [2.24, 2.45) is 0 Å². The molecule has 1 saturated heterocycles. The van der Waals surface area contributed by atoms with Crippen molar-refractivity contribution < 1.29 is 23.5 Å². The van der Waals surface area contributed by atoms with Crippen LogP contribution in [0.15, 0.2) is 11.3 Å². The third kappa shape index (κ3) is 3.23. The Kier molecular flexibility index (Phi) is 5.06. The Morgan fingerprint density at radius 2 is 2.04 bits per heavy atom. The van der Waals surface area contributed by atoms with Crippen LogP contribution in [0.1, 0.15) is 25.6 Å². The van der Waals surface area contributed by atoms with Gasteiger partial charge in [0.15, 0.2) is 0 Å². The summed E-state index contributed by atoms with van der Waals surface area (Å²) in [4.78, 5) is 36.6. The fourth-order valence-corrected chi connectivity index (χ4v) is 3.31. The number of hydrogen-bond acceptors (Lipinski definition) is 5. The van der Waals surface area contributed by atoms with Gasteiger partial charge in [-0.25, -0.2) is 9.69 Å². The second-order valence-electron chi connectivity index (χ2n) is 4.89. The van der Waals surface area contributed by atoms with E-state index in [9.17, 15) is 18.8 Å². The molecule has 0 aliphatic carbocycles. The van der Waals surface area contributed by atoms with E-state index >= 15 is 0 Å². The summed E-state index contributed by atoms with van der Waals surface area (Å²) in [5, 5.41) is 1.43. The molecule has 9 heteroatoms. The van der Waals surface area contributed by atoms with E-state index in [4.69, 9.17) is 16.3 Å². The molecular formula is C14H14ClFN2O4S. The minimum absolute atomic E-state index is 0.0867. The van der Waals surface area contributed by atoms with Crippen LogP contribution in [-0.4, -0.2) is 24.5 Å². The van der Waals surface area contributed by atoms with Gasteiger partial charge in [-0.15, -0.1) is 11.3 Å². The molecule has 1 aromatic heterocycles. The normalized spacial score (nSPS) is 14.3. The summed E-state index contributed by atoms with van der Waals surface area (Å²) in [6, 6.07) is -0.785. The summed E-state index contributed by atoms with van der Waals surface area (Å²) < 4.78 is 19.0. The second kappa shape index (κ2) is 6.67. The Balaban J connectivity index is 2.40. The van der Waals surface area contributed by atoms with E-state index in [0.29, 0.717) is 21.8 Å². The number of nitrogens with zero attached hydrogens (tertiary/aromatic N) is 1. The van der Waals surface area contributed by atoms with E-state index < -0.39 is 23.0 Å². The van der Waals surface area contributed by atoms with E-state index in [0.717, 1.165) is 0 Å². The van der Waals surface area contributed by atoms with Crippen molar-refractivity contribution in [3.8, 4) is 0 Å². The molecule has 23 heavy (non-hydrogen) atoms. The number of hydrogen-bond donors (Lipinski definition) is 1. The largest absolute Gasteiger partial charge is 0.466 e. The highest BCUT2D eigenvalue weighted by molar-refractivity contribution is 7.11. The molecule has 0 spiro atoms. The quantitative estimate of drug-likeness (QED) is 0.509. The number of ether oxygens (including phenoxy) is 1. The summed E-state index contributed by atoms with van der Waals surface area (Å²) >= 11 is 6.69. The highest BCUT2D eigenvalue weighted by atomic mass is 35.5. The van der Waals surface area contributed by atoms with Crippen molar-refractivity contribution in [3.05, 3.63) is 26.3 Å². The number of amides is 3. The summed E-state index contributed by atoms with van der Waals surface area (Å²) in [7, 11) is 0. The van der Waals surface area contributed by atoms with Crippen LogP contribution in [0, 0.1) is 5.13 Å². The number of halogens is 2. The standard InChI is InChI=1S/C14H14ClFN2O4S/c1-4-22-8(19)5-7-9(15)11(12(16)23-7)18-13(20)10(6(2)3)17-14(18)21/h4-5H2,1-3H3,(H,17,21). The molecule has 0 unspecified atom stereocenters. The van der Waals surface area contributed by atoms with Crippen LogP contribution in [-0.2, 0) is 20.7 Å². The van der Waals surface area contributed by atoms with Crippen LogP contribution in [0.5, 0.6) is 0 Å². The first-order chi connectivity index (χ1) is 10.8. The van der Waals surface area contributed by atoms with Crippen LogP contribution in [0.25, 0.3) is 0 Å². The molecule has 1 fully saturated rings. The molecule has 2 rings (SSSR count). The molecule has 3 amide bonds. The lowest BCUT2D eigenvalue weighted by Gasteiger charge is -2.11. The molecular weight excluding hydrogens is 347 g/mol. The molecule has 0 bridgehead atoms. The molecule has 1 aromatic rings. The number of urea groups is 1. The highest BCUT2D eigenvalue weighted by Crippen LogP contribution is 2.41. The van der Waals surface area contributed by atoms with Gasteiger partial charge in [0.1, 0.15) is 11.4 Å². The fraction of sp³-hybridized carbons (Fsp3) is 0.357. The number of imide groups is 1. The highest BCUT2D eigenvalue weighted by Gasteiger charge is 2.40. The van der Waals surface area contributed by atoms with E-state index in [1.54, 1.807) is 20.8 Å². The smallest absolute Gasteiger partial charge is 0.333 e. The number of esters is 1. The van der Waals surface area contributed by atoms with Crippen molar-refractivity contribution >= 4 is 46.5 Å². The first kappa shape index (κ1) is 17.4. The lowest BCUT2D eigenvalue weighted by atomic mass is 10.2. The number of anilines is 1. The molecule has 124 valence electrons. The van der Waals surface area contributed by atoms with Crippen molar-refractivity contribution in [2.75, 3.05) is 11.5 Å². The van der Waals surface area contributed by atoms with Crippen molar-refractivity contribution in [3.63, 3.8) is 0 Å². The number of carbonyl (C=O) groups is 3. The third-order valence-corrected chi connectivity index (χ3v) is 4.52. The van der Waals surface area contributed by atoms with E-state index in [-0.39, 0.29) is 34.3 Å². The van der Waals surface area contributed by atoms with Crippen LogP contribution in [0.4, 0.5) is 14.9 Å². The number of carbonyl (C=O) groups excluding carboxylic acids is 3. The van der Waals surface area contributed by atoms with Gasteiger partial charge >= 0.3 is 12.0 Å². The topological polar surface area (TPSA) is 75.7 Å². The molecule has 0 atom stereocenters. The van der Waals surface area contributed by atoms with Gasteiger partial charge in [-0.2, -0.15) is 4.39 Å². The van der Waals surface area contributed by atoms with Crippen molar-refractivity contribution in [2.45, 2.75) is 27.2 Å². The van der Waals surface area contributed by atoms with E-state index in [1.807, 2.05) is 0 Å². The molecule has 2 heterocycles. The van der Waals surface area contributed by atoms with Gasteiger partial charge in [-0.3, -0.25) is 9.59 Å². The Morgan fingerprint density at radius 1 is 1.39 bits per heavy atom. The van der Waals surface area contributed by atoms with Gasteiger partial charge in [-0.05, 0) is 26.3 Å². The molecule has 0 saturated carbocycles. The molecule has 0 aromatic carbocycles. The van der Waals surface area contributed by atoms with Crippen molar-refractivity contribution in [1.82, 2.24) is 5.32 Å². The average molecular weight is 361 g/mol. The zero-order valence-electron chi connectivity index (χ0n) is 12.7. The maximum atomic E-state index is 14.2. The summed E-state index contributed by atoms with van der Waals surface area (Å²) in [5.41, 5.74) is 0.336. The monoisotopic (exact) mass is 360 g/mol. The van der Waals surface area contributed by atoms with Crippen LogP contribution >= 0.6 is 22.9 Å². The van der Waals surface area contributed by atoms with E-state index in [1.165, 1.54) is 0 Å². The van der Waals surface area contributed by atoms with Gasteiger partial charge in [0, 0.05) is 4.88 Å². The lowest BCUT2D eigenvalue weighted by molar-refractivity contribution is -0.142. The SMILES string of the molecule is CCOC(=O)Cc1sc(F)c(N2C(=O)NC(=C(C)C)C2=O)c1Cl. The lowest BCUT2D eigenvalue weighted by Crippen LogP contribution is -2.31. The summed E-state index contributed by atoms with van der Waals surface area (Å²) in [6.07, 6.45) is -0.229. The maximum Gasteiger partial charge on any atom is 0.333 e.